The predicted octanol–water partition coefficient (Wildman–Crippen LogP) is 2.05. The first-order valence-corrected chi connectivity index (χ1v) is 7.23. The van der Waals surface area contributed by atoms with Crippen molar-refractivity contribution in [2.24, 2.45) is 17.8 Å². The average molecular weight is 265 g/mol. The molecule has 0 aromatic rings. The predicted molar refractivity (Wildman–Crippen MR) is 72.3 cm³/mol. The molecule has 0 aromatic heterocycles. The van der Waals surface area contributed by atoms with Crippen molar-refractivity contribution in [3.8, 4) is 0 Å². The van der Waals surface area contributed by atoms with Crippen LogP contribution in [0.3, 0.4) is 0 Å². The molecule has 106 valence electrons. The Balaban J connectivity index is 1.61. The number of carbonyl (C=O) groups is 2. The van der Waals surface area contributed by atoms with Gasteiger partial charge in [-0.15, -0.1) is 0 Å². The number of esters is 1. The number of hydrogen-bond donors (Lipinski definition) is 1. The fourth-order valence-corrected chi connectivity index (χ4v) is 3.04. The lowest BCUT2D eigenvalue weighted by Gasteiger charge is -2.05. The van der Waals surface area contributed by atoms with Crippen LogP contribution in [-0.2, 0) is 14.3 Å². The van der Waals surface area contributed by atoms with Crippen molar-refractivity contribution in [2.45, 2.75) is 39.0 Å². The molecule has 2 atom stereocenters. The van der Waals surface area contributed by atoms with E-state index in [2.05, 4.69) is 17.5 Å². The summed E-state index contributed by atoms with van der Waals surface area (Å²) in [5.74, 6) is 1.78. The summed E-state index contributed by atoms with van der Waals surface area (Å²) in [4.78, 5) is 22.2. The number of rotatable bonds is 5. The largest absolute Gasteiger partial charge is 0.465 e. The summed E-state index contributed by atoms with van der Waals surface area (Å²) < 4.78 is 5.31. The summed E-state index contributed by atoms with van der Waals surface area (Å²) in [6, 6.07) is 0. The summed E-state index contributed by atoms with van der Waals surface area (Å²) in [6.07, 6.45) is 9.59. The molecular formula is C15H23NO3. The van der Waals surface area contributed by atoms with Crippen molar-refractivity contribution in [3.63, 3.8) is 0 Å². The van der Waals surface area contributed by atoms with E-state index in [9.17, 15) is 9.59 Å². The van der Waals surface area contributed by atoms with Crippen LogP contribution in [0.4, 0.5) is 0 Å². The Labute approximate surface area is 114 Å². The van der Waals surface area contributed by atoms with Crippen molar-refractivity contribution in [2.75, 3.05) is 13.2 Å². The molecule has 0 aromatic carbocycles. The first-order valence-electron chi connectivity index (χ1n) is 7.23. The van der Waals surface area contributed by atoms with Gasteiger partial charge in [-0.2, -0.15) is 0 Å². The minimum atomic E-state index is -0.203. The van der Waals surface area contributed by atoms with E-state index in [0.717, 1.165) is 24.7 Å². The van der Waals surface area contributed by atoms with Crippen molar-refractivity contribution in [3.05, 3.63) is 12.2 Å². The molecule has 2 unspecified atom stereocenters. The zero-order valence-corrected chi connectivity index (χ0v) is 11.6. The lowest BCUT2D eigenvalue weighted by Crippen LogP contribution is -2.24. The SMILES string of the molecule is CC(=O)NCCC(=O)OCC1C2CC/C=C\CCC21. The van der Waals surface area contributed by atoms with Crippen LogP contribution in [0.1, 0.15) is 39.0 Å². The number of hydrogen-bond acceptors (Lipinski definition) is 3. The Morgan fingerprint density at radius 2 is 1.84 bits per heavy atom. The maximum absolute atomic E-state index is 11.5. The summed E-state index contributed by atoms with van der Waals surface area (Å²) in [6.45, 7) is 2.38. The molecule has 2 rings (SSSR count). The summed E-state index contributed by atoms with van der Waals surface area (Å²) in [5, 5.41) is 2.60. The molecule has 1 saturated carbocycles. The average Bonchev–Trinajstić information content (AvgIpc) is 2.96. The van der Waals surface area contributed by atoms with Gasteiger partial charge in [-0.25, -0.2) is 0 Å². The standard InChI is InChI=1S/C15H23NO3/c1-11(17)16-9-8-15(18)19-10-14-12-6-4-2-3-5-7-13(12)14/h2-3,12-14H,4-10H2,1H3,(H,16,17)/b3-2-. The van der Waals surface area contributed by atoms with E-state index in [4.69, 9.17) is 4.74 Å². The lowest BCUT2D eigenvalue weighted by atomic mass is 10.1. The van der Waals surface area contributed by atoms with Gasteiger partial charge >= 0.3 is 5.97 Å². The number of nitrogens with one attached hydrogen (secondary N) is 1. The Bertz CT molecular complexity index is 348. The van der Waals surface area contributed by atoms with E-state index in [1.54, 1.807) is 0 Å². The second-order valence-corrected chi connectivity index (χ2v) is 5.53. The Morgan fingerprint density at radius 1 is 1.21 bits per heavy atom. The highest BCUT2D eigenvalue weighted by atomic mass is 16.5. The van der Waals surface area contributed by atoms with Crippen LogP contribution in [0.15, 0.2) is 12.2 Å². The molecule has 19 heavy (non-hydrogen) atoms. The highest BCUT2D eigenvalue weighted by Crippen LogP contribution is 2.52. The molecule has 0 bridgehead atoms. The zero-order chi connectivity index (χ0) is 13.7. The van der Waals surface area contributed by atoms with Gasteiger partial charge < -0.3 is 10.1 Å². The van der Waals surface area contributed by atoms with Gasteiger partial charge in [-0.3, -0.25) is 9.59 Å². The highest BCUT2D eigenvalue weighted by molar-refractivity contribution is 5.74. The van der Waals surface area contributed by atoms with E-state index in [1.807, 2.05) is 0 Å². The monoisotopic (exact) mass is 265 g/mol. The van der Waals surface area contributed by atoms with Crippen molar-refractivity contribution >= 4 is 11.9 Å². The maximum Gasteiger partial charge on any atom is 0.307 e. The van der Waals surface area contributed by atoms with Gasteiger partial charge in [0.2, 0.25) is 5.91 Å². The van der Waals surface area contributed by atoms with Crippen molar-refractivity contribution < 1.29 is 14.3 Å². The molecule has 0 radical (unpaired) electrons. The van der Waals surface area contributed by atoms with Crippen LogP contribution in [-0.4, -0.2) is 25.0 Å². The van der Waals surface area contributed by atoms with Crippen LogP contribution in [0, 0.1) is 17.8 Å². The molecule has 2 aliphatic rings. The molecule has 0 saturated heterocycles. The molecule has 2 aliphatic carbocycles. The number of carbonyl (C=O) groups excluding carboxylic acids is 2. The van der Waals surface area contributed by atoms with E-state index >= 15 is 0 Å². The summed E-state index contributed by atoms with van der Waals surface area (Å²) in [7, 11) is 0. The van der Waals surface area contributed by atoms with Crippen LogP contribution >= 0.6 is 0 Å². The zero-order valence-electron chi connectivity index (χ0n) is 11.6. The van der Waals surface area contributed by atoms with Crippen molar-refractivity contribution in [1.29, 1.82) is 0 Å². The number of amides is 1. The van der Waals surface area contributed by atoms with Gasteiger partial charge in [0, 0.05) is 13.5 Å². The molecule has 0 heterocycles. The molecule has 4 nitrogen and oxygen atoms in total. The third-order valence-electron chi connectivity index (χ3n) is 4.15. The van der Waals surface area contributed by atoms with Gasteiger partial charge in [0.15, 0.2) is 0 Å². The molecule has 0 aliphatic heterocycles. The quantitative estimate of drug-likeness (QED) is 0.611. The fourth-order valence-electron chi connectivity index (χ4n) is 3.04. The highest BCUT2D eigenvalue weighted by Gasteiger charge is 2.49. The van der Waals surface area contributed by atoms with Gasteiger partial charge in [0.05, 0.1) is 13.0 Å². The van der Waals surface area contributed by atoms with Gasteiger partial charge in [0.1, 0.15) is 0 Å². The topological polar surface area (TPSA) is 55.4 Å². The van der Waals surface area contributed by atoms with Crippen LogP contribution < -0.4 is 5.32 Å². The van der Waals surface area contributed by atoms with E-state index < -0.39 is 0 Å². The summed E-state index contributed by atoms with van der Waals surface area (Å²) in [5.41, 5.74) is 0. The Kier molecular flexibility index (Phi) is 5.00. The number of ether oxygens (including phenoxy) is 1. The van der Waals surface area contributed by atoms with E-state index in [-0.39, 0.29) is 18.3 Å². The van der Waals surface area contributed by atoms with Crippen LogP contribution in [0.2, 0.25) is 0 Å². The molecule has 1 amide bonds. The first-order chi connectivity index (χ1) is 9.18. The van der Waals surface area contributed by atoms with E-state index in [0.29, 0.717) is 19.1 Å². The molecule has 0 spiro atoms. The third-order valence-corrected chi connectivity index (χ3v) is 4.15. The number of fused-ring (bicyclic) bond motifs is 1. The van der Waals surface area contributed by atoms with Crippen LogP contribution in [0.25, 0.3) is 0 Å². The first kappa shape index (κ1) is 14.1. The second kappa shape index (κ2) is 6.73. The third kappa shape index (κ3) is 4.37. The van der Waals surface area contributed by atoms with Crippen LogP contribution in [0.5, 0.6) is 0 Å². The van der Waals surface area contributed by atoms with Gasteiger partial charge in [0.25, 0.3) is 0 Å². The molecule has 1 N–H and O–H groups in total. The smallest absolute Gasteiger partial charge is 0.307 e. The van der Waals surface area contributed by atoms with Crippen molar-refractivity contribution in [1.82, 2.24) is 5.32 Å². The summed E-state index contributed by atoms with van der Waals surface area (Å²) >= 11 is 0. The normalized spacial score (nSPS) is 30.5. The fraction of sp³-hybridized carbons (Fsp3) is 0.733. The molecule has 4 heteroatoms. The maximum atomic E-state index is 11.5. The second-order valence-electron chi connectivity index (χ2n) is 5.53. The minimum absolute atomic E-state index is 0.110. The minimum Gasteiger partial charge on any atom is -0.465 e. The van der Waals surface area contributed by atoms with E-state index in [1.165, 1.54) is 19.8 Å². The Morgan fingerprint density at radius 3 is 2.42 bits per heavy atom. The molecule has 1 fully saturated rings. The Hall–Kier alpha value is -1.32. The van der Waals surface area contributed by atoms with Gasteiger partial charge in [-0.1, -0.05) is 12.2 Å². The lowest BCUT2D eigenvalue weighted by molar-refractivity contribution is -0.144. The number of allylic oxidation sites excluding steroid dienone is 2. The molecular weight excluding hydrogens is 242 g/mol. The van der Waals surface area contributed by atoms with Gasteiger partial charge in [-0.05, 0) is 43.4 Å².